The molecule has 0 aromatic carbocycles. The first kappa shape index (κ1) is 10.1. The molecule has 13 heavy (non-hydrogen) atoms. The summed E-state index contributed by atoms with van der Waals surface area (Å²) >= 11 is 0. The van der Waals surface area contributed by atoms with Gasteiger partial charge in [-0.25, -0.2) is 0 Å². The summed E-state index contributed by atoms with van der Waals surface area (Å²) in [5, 5.41) is 0. The van der Waals surface area contributed by atoms with E-state index < -0.39 is 18.6 Å². The van der Waals surface area contributed by atoms with Crippen LogP contribution in [0.15, 0.2) is 18.3 Å². The fourth-order valence-corrected chi connectivity index (χ4v) is 1.05. The summed E-state index contributed by atoms with van der Waals surface area (Å²) in [6.07, 6.45) is -3.40. The van der Waals surface area contributed by atoms with Crippen LogP contribution in [0.2, 0.25) is 0 Å². The summed E-state index contributed by atoms with van der Waals surface area (Å²) in [6, 6.07) is 2.83. The fourth-order valence-electron chi connectivity index (χ4n) is 1.05. The molecule has 1 rings (SSSR count). The highest BCUT2D eigenvalue weighted by Gasteiger charge is 2.27. The molecule has 0 aliphatic carbocycles. The average molecular weight is 192 g/mol. The molecule has 74 valence electrons. The third kappa shape index (κ3) is 3.50. The molecule has 1 atom stereocenters. The Balaban J connectivity index is 2.39. The SMILES string of the molecule is N[C@H](CCC(F)(F)F)c1ccc[nH]1. The van der Waals surface area contributed by atoms with Crippen molar-refractivity contribution in [1.82, 2.24) is 4.98 Å². The van der Waals surface area contributed by atoms with Crippen molar-refractivity contribution < 1.29 is 13.2 Å². The quantitative estimate of drug-likeness (QED) is 0.758. The molecule has 0 unspecified atom stereocenters. The number of hydrogen-bond donors (Lipinski definition) is 2. The van der Waals surface area contributed by atoms with Crippen molar-refractivity contribution in [3.8, 4) is 0 Å². The Kier molecular flexibility index (Phi) is 2.98. The van der Waals surface area contributed by atoms with Gasteiger partial charge in [-0.05, 0) is 18.6 Å². The lowest BCUT2D eigenvalue weighted by atomic mass is 10.1. The Morgan fingerprint density at radius 1 is 1.46 bits per heavy atom. The van der Waals surface area contributed by atoms with E-state index in [2.05, 4.69) is 4.98 Å². The van der Waals surface area contributed by atoms with Gasteiger partial charge in [-0.2, -0.15) is 13.2 Å². The maximum atomic E-state index is 11.8. The van der Waals surface area contributed by atoms with Crippen molar-refractivity contribution in [2.24, 2.45) is 5.73 Å². The maximum Gasteiger partial charge on any atom is 0.389 e. The second-order valence-electron chi connectivity index (χ2n) is 2.89. The predicted octanol–water partition coefficient (Wildman–Crippen LogP) is 2.36. The molecule has 3 N–H and O–H groups in total. The van der Waals surface area contributed by atoms with Gasteiger partial charge in [0.15, 0.2) is 0 Å². The number of aromatic nitrogens is 1. The molecule has 0 saturated heterocycles. The third-order valence-electron chi connectivity index (χ3n) is 1.76. The van der Waals surface area contributed by atoms with Crippen LogP contribution in [-0.2, 0) is 0 Å². The van der Waals surface area contributed by atoms with Crippen molar-refractivity contribution in [2.75, 3.05) is 0 Å². The average Bonchev–Trinajstić information content (AvgIpc) is 2.50. The lowest BCUT2D eigenvalue weighted by Gasteiger charge is -2.11. The van der Waals surface area contributed by atoms with Crippen LogP contribution in [-0.4, -0.2) is 11.2 Å². The lowest BCUT2D eigenvalue weighted by molar-refractivity contribution is -0.136. The van der Waals surface area contributed by atoms with Gasteiger partial charge < -0.3 is 10.7 Å². The summed E-state index contributed by atoms with van der Waals surface area (Å²) in [5.74, 6) is 0. The molecule has 5 heteroatoms. The van der Waals surface area contributed by atoms with E-state index in [-0.39, 0.29) is 6.42 Å². The summed E-state index contributed by atoms with van der Waals surface area (Å²) in [7, 11) is 0. The highest BCUT2D eigenvalue weighted by molar-refractivity contribution is 5.08. The van der Waals surface area contributed by atoms with E-state index in [1.807, 2.05) is 0 Å². The largest absolute Gasteiger partial charge is 0.389 e. The Bertz CT molecular complexity index is 240. The van der Waals surface area contributed by atoms with Gasteiger partial charge in [-0.1, -0.05) is 0 Å². The molecule has 2 nitrogen and oxygen atoms in total. The van der Waals surface area contributed by atoms with Crippen molar-refractivity contribution >= 4 is 0 Å². The zero-order chi connectivity index (χ0) is 9.90. The normalized spacial score (nSPS) is 14.5. The summed E-state index contributed by atoms with van der Waals surface area (Å²) in [6.45, 7) is 0. The Hall–Kier alpha value is -0.970. The van der Waals surface area contributed by atoms with Crippen LogP contribution in [0.3, 0.4) is 0 Å². The number of nitrogens with one attached hydrogen (secondary N) is 1. The number of halogens is 3. The first-order chi connectivity index (χ1) is 5.99. The van der Waals surface area contributed by atoms with Gasteiger partial charge >= 0.3 is 6.18 Å². The van der Waals surface area contributed by atoms with Crippen LogP contribution < -0.4 is 5.73 Å². The van der Waals surface area contributed by atoms with Gasteiger partial charge in [0.25, 0.3) is 0 Å². The highest BCUT2D eigenvalue weighted by atomic mass is 19.4. The fraction of sp³-hybridized carbons (Fsp3) is 0.500. The smallest absolute Gasteiger partial charge is 0.364 e. The number of alkyl halides is 3. The molecule has 0 spiro atoms. The minimum absolute atomic E-state index is 0.0794. The van der Waals surface area contributed by atoms with Crippen LogP contribution in [0, 0.1) is 0 Å². The number of rotatable bonds is 3. The zero-order valence-corrected chi connectivity index (χ0v) is 6.93. The van der Waals surface area contributed by atoms with Crippen LogP contribution in [0.25, 0.3) is 0 Å². The van der Waals surface area contributed by atoms with E-state index in [1.54, 1.807) is 18.3 Å². The van der Waals surface area contributed by atoms with E-state index in [1.165, 1.54) is 0 Å². The van der Waals surface area contributed by atoms with Crippen molar-refractivity contribution in [3.63, 3.8) is 0 Å². The molecular weight excluding hydrogens is 181 g/mol. The van der Waals surface area contributed by atoms with Crippen molar-refractivity contribution in [2.45, 2.75) is 25.1 Å². The van der Waals surface area contributed by atoms with Gasteiger partial charge in [0.1, 0.15) is 0 Å². The van der Waals surface area contributed by atoms with Gasteiger partial charge in [-0.3, -0.25) is 0 Å². The number of aromatic amines is 1. The molecule has 0 amide bonds. The van der Waals surface area contributed by atoms with E-state index in [0.717, 1.165) is 0 Å². The lowest BCUT2D eigenvalue weighted by Crippen LogP contribution is -2.15. The van der Waals surface area contributed by atoms with Crippen LogP contribution in [0.1, 0.15) is 24.6 Å². The zero-order valence-electron chi connectivity index (χ0n) is 6.93. The van der Waals surface area contributed by atoms with Gasteiger partial charge in [0, 0.05) is 24.4 Å². The van der Waals surface area contributed by atoms with E-state index in [4.69, 9.17) is 5.73 Å². The van der Waals surface area contributed by atoms with Gasteiger partial charge in [0.2, 0.25) is 0 Å². The number of hydrogen-bond acceptors (Lipinski definition) is 1. The van der Waals surface area contributed by atoms with Crippen molar-refractivity contribution in [1.29, 1.82) is 0 Å². The highest BCUT2D eigenvalue weighted by Crippen LogP contribution is 2.25. The third-order valence-corrected chi connectivity index (χ3v) is 1.76. The van der Waals surface area contributed by atoms with Gasteiger partial charge in [0.05, 0.1) is 0 Å². The first-order valence-electron chi connectivity index (χ1n) is 3.94. The molecule has 0 radical (unpaired) electrons. The monoisotopic (exact) mass is 192 g/mol. The molecule has 0 aliphatic heterocycles. The van der Waals surface area contributed by atoms with Gasteiger partial charge in [-0.15, -0.1) is 0 Å². The molecule has 1 aromatic rings. The first-order valence-corrected chi connectivity index (χ1v) is 3.94. The second-order valence-corrected chi connectivity index (χ2v) is 2.89. The summed E-state index contributed by atoms with van der Waals surface area (Å²) < 4.78 is 35.4. The number of nitrogens with two attached hydrogens (primary N) is 1. The molecule has 1 heterocycles. The number of H-pyrrole nitrogens is 1. The van der Waals surface area contributed by atoms with Crippen LogP contribution >= 0.6 is 0 Å². The van der Waals surface area contributed by atoms with Crippen LogP contribution in [0.4, 0.5) is 13.2 Å². The second kappa shape index (κ2) is 3.83. The molecule has 1 aromatic heterocycles. The Labute approximate surface area is 73.9 Å². The molecule has 0 bridgehead atoms. The standard InChI is InChI=1S/C8H11F3N2/c9-8(10,11)4-3-6(12)7-2-1-5-13-7/h1-2,5-6,13H,3-4,12H2/t6-/m1/s1. The predicted molar refractivity (Wildman–Crippen MR) is 43.0 cm³/mol. The van der Waals surface area contributed by atoms with E-state index in [0.29, 0.717) is 5.69 Å². The molecule has 0 saturated carbocycles. The van der Waals surface area contributed by atoms with Crippen molar-refractivity contribution in [3.05, 3.63) is 24.0 Å². The summed E-state index contributed by atoms with van der Waals surface area (Å²) in [5.41, 5.74) is 6.16. The Morgan fingerprint density at radius 2 is 2.15 bits per heavy atom. The van der Waals surface area contributed by atoms with Crippen LogP contribution in [0.5, 0.6) is 0 Å². The maximum absolute atomic E-state index is 11.8. The van der Waals surface area contributed by atoms with E-state index >= 15 is 0 Å². The minimum Gasteiger partial charge on any atom is -0.364 e. The Morgan fingerprint density at radius 3 is 2.62 bits per heavy atom. The minimum atomic E-state index is -4.12. The molecule has 0 fully saturated rings. The topological polar surface area (TPSA) is 41.8 Å². The molecular formula is C8H11F3N2. The summed E-state index contributed by atoms with van der Waals surface area (Å²) in [4.78, 5) is 2.78. The molecule has 0 aliphatic rings. The van der Waals surface area contributed by atoms with E-state index in [9.17, 15) is 13.2 Å².